The predicted molar refractivity (Wildman–Crippen MR) is 80.1 cm³/mol. The Hall–Kier alpha value is -2.58. The molecule has 142 valence electrons. The number of terminal acetylenes is 1. The first kappa shape index (κ1) is 19.7. The van der Waals surface area contributed by atoms with Crippen molar-refractivity contribution in [3.05, 3.63) is 32.6 Å². The Morgan fingerprint density at radius 1 is 1.50 bits per heavy atom. The van der Waals surface area contributed by atoms with Gasteiger partial charge in [-0.25, -0.2) is 4.79 Å². The minimum atomic E-state index is -4.95. The lowest BCUT2D eigenvalue weighted by Gasteiger charge is -2.18. The number of rotatable bonds is 5. The van der Waals surface area contributed by atoms with Crippen molar-refractivity contribution < 1.29 is 32.2 Å². The van der Waals surface area contributed by atoms with E-state index < -0.39 is 47.4 Å². The molecule has 8 nitrogen and oxygen atoms in total. The zero-order valence-electron chi connectivity index (χ0n) is 13.5. The molecule has 1 aliphatic heterocycles. The van der Waals surface area contributed by atoms with E-state index in [0.717, 1.165) is 0 Å². The topological polar surface area (TPSA) is 99.6 Å². The highest BCUT2D eigenvalue weighted by molar-refractivity contribution is 5.65. The highest BCUT2D eigenvalue weighted by atomic mass is 19.4. The SMILES string of the molecule is C#CCO[C@H]1C[C@H](n2cc(C(F)(F)F)c(=O)[nH]c2=O)O[C@@H]1COC(C)=O. The van der Waals surface area contributed by atoms with Gasteiger partial charge < -0.3 is 14.2 Å². The number of aromatic nitrogens is 2. The first-order valence-electron chi connectivity index (χ1n) is 7.40. The number of nitrogens with zero attached hydrogens (tertiary/aromatic N) is 1. The van der Waals surface area contributed by atoms with Crippen LogP contribution in [-0.4, -0.2) is 40.9 Å². The lowest BCUT2D eigenvalue weighted by Crippen LogP contribution is -2.36. The van der Waals surface area contributed by atoms with Crippen LogP contribution in [0, 0.1) is 12.3 Å². The highest BCUT2D eigenvalue weighted by Crippen LogP contribution is 2.31. The van der Waals surface area contributed by atoms with E-state index in [-0.39, 0.29) is 19.6 Å². The summed E-state index contributed by atoms with van der Waals surface area (Å²) in [6.07, 6.45) is -2.21. The van der Waals surface area contributed by atoms with Gasteiger partial charge in [-0.05, 0) is 0 Å². The van der Waals surface area contributed by atoms with Gasteiger partial charge in [0.25, 0.3) is 5.56 Å². The molecule has 2 heterocycles. The molecule has 26 heavy (non-hydrogen) atoms. The van der Waals surface area contributed by atoms with E-state index in [1.54, 1.807) is 4.98 Å². The fraction of sp³-hybridized carbons (Fsp3) is 0.533. The molecule has 1 aromatic rings. The Bertz CT molecular complexity index is 822. The number of ether oxygens (including phenoxy) is 3. The molecule has 0 aliphatic carbocycles. The van der Waals surface area contributed by atoms with E-state index in [4.69, 9.17) is 20.6 Å². The molecular formula is C15H15F3N2O6. The summed E-state index contributed by atoms with van der Waals surface area (Å²) < 4.78 is 55.0. The van der Waals surface area contributed by atoms with Gasteiger partial charge in [-0.1, -0.05) is 5.92 Å². The molecule has 0 amide bonds. The molecule has 0 aromatic carbocycles. The molecule has 1 aliphatic rings. The monoisotopic (exact) mass is 376 g/mol. The second kappa shape index (κ2) is 7.76. The van der Waals surface area contributed by atoms with Gasteiger partial charge in [-0.3, -0.25) is 19.1 Å². The van der Waals surface area contributed by atoms with Gasteiger partial charge in [-0.2, -0.15) is 13.2 Å². The Morgan fingerprint density at radius 3 is 2.77 bits per heavy atom. The van der Waals surface area contributed by atoms with Crippen LogP contribution in [0.15, 0.2) is 15.8 Å². The van der Waals surface area contributed by atoms with Crippen LogP contribution in [0.4, 0.5) is 13.2 Å². The molecule has 1 saturated heterocycles. The number of halogens is 3. The quantitative estimate of drug-likeness (QED) is 0.591. The van der Waals surface area contributed by atoms with Crippen LogP contribution in [0.1, 0.15) is 25.1 Å². The Morgan fingerprint density at radius 2 is 2.19 bits per heavy atom. The lowest BCUT2D eigenvalue weighted by atomic mass is 10.2. The van der Waals surface area contributed by atoms with E-state index in [1.807, 2.05) is 0 Å². The molecule has 0 bridgehead atoms. The van der Waals surface area contributed by atoms with Crippen molar-refractivity contribution in [2.24, 2.45) is 0 Å². The van der Waals surface area contributed by atoms with Crippen molar-refractivity contribution in [2.75, 3.05) is 13.2 Å². The van der Waals surface area contributed by atoms with Crippen LogP contribution < -0.4 is 11.2 Å². The van der Waals surface area contributed by atoms with Gasteiger partial charge in [-0.15, -0.1) is 6.42 Å². The van der Waals surface area contributed by atoms with Crippen LogP contribution in [-0.2, 0) is 25.2 Å². The number of nitrogens with one attached hydrogen (secondary N) is 1. The minimum absolute atomic E-state index is 0.0309. The van der Waals surface area contributed by atoms with Gasteiger partial charge in [0.2, 0.25) is 0 Å². The number of aromatic amines is 1. The molecule has 0 unspecified atom stereocenters. The summed E-state index contributed by atoms with van der Waals surface area (Å²) in [6, 6.07) is 0. The van der Waals surface area contributed by atoms with Gasteiger partial charge in [0.15, 0.2) is 0 Å². The van der Waals surface area contributed by atoms with Crippen molar-refractivity contribution >= 4 is 5.97 Å². The second-order valence-corrected chi connectivity index (χ2v) is 5.43. The third-order valence-electron chi connectivity index (χ3n) is 3.60. The van der Waals surface area contributed by atoms with Gasteiger partial charge in [0, 0.05) is 19.5 Å². The standard InChI is InChI=1S/C15H15F3N2O6/c1-3-4-24-10-5-12(26-11(10)7-25-8(2)21)20-6-9(15(16,17)18)13(22)19-14(20)23/h1,6,10-12H,4-5,7H2,2H3,(H,19,22,23)/t10-,11+,12+/m0/s1. The maximum atomic E-state index is 12.9. The van der Waals surface area contributed by atoms with Crippen molar-refractivity contribution in [3.8, 4) is 12.3 Å². The molecule has 1 fully saturated rings. The van der Waals surface area contributed by atoms with Crippen LogP contribution in [0.25, 0.3) is 0 Å². The van der Waals surface area contributed by atoms with Crippen LogP contribution >= 0.6 is 0 Å². The third kappa shape index (κ3) is 4.53. The first-order chi connectivity index (χ1) is 12.1. The Kier molecular flexibility index (Phi) is 5.89. The summed E-state index contributed by atoms with van der Waals surface area (Å²) in [5.74, 6) is 1.64. The van der Waals surface area contributed by atoms with E-state index in [1.165, 1.54) is 6.92 Å². The number of alkyl halides is 3. The lowest BCUT2D eigenvalue weighted by molar-refractivity contribution is -0.148. The predicted octanol–water partition coefficient (Wildman–Crippen LogP) is 0.424. The van der Waals surface area contributed by atoms with Crippen LogP contribution in [0.5, 0.6) is 0 Å². The molecule has 2 rings (SSSR count). The van der Waals surface area contributed by atoms with Gasteiger partial charge >= 0.3 is 17.8 Å². The van der Waals surface area contributed by atoms with Gasteiger partial charge in [0.1, 0.15) is 31.1 Å². The summed E-state index contributed by atoms with van der Waals surface area (Å²) in [5, 5.41) is 0. The maximum absolute atomic E-state index is 12.9. The van der Waals surface area contributed by atoms with Crippen LogP contribution in [0.2, 0.25) is 0 Å². The average Bonchev–Trinajstić information content (AvgIpc) is 2.92. The molecule has 3 atom stereocenters. The molecular weight excluding hydrogens is 361 g/mol. The number of esters is 1. The number of hydrogen-bond acceptors (Lipinski definition) is 6. The summed E-state index contributed by atoms with van der Waals surface area (Å²) in [4.78, 5) is 35.8. The summed E-state index contributed by atoms with van der Waals surface area (Å²) >= 11 is 0. The smallest absolute Gasteiger partial charge is 0.423 e. The normalized spacial score (nSPS) is 22.8. The van der Waals surface area contributed by atoms with E-state index in [9.17, 15) is 27.6 Å². The minimum Gasteiger partial charge on any atom is -0.463 e. The van der Waals surface area contributed by atoms with E-state index >= 15 is 0 Å². The molecule has 0 saturated carbocycles. The van der Waals surface area contributed by atoms with E-state index in [0.29, 0.717) is 10.8 Å². The third-order valence-corrected chi connectivity index (χ3v) is 3.60. The Labute approximate surface area is 144 Å². The highest BCUT2D eigenvalue weighted by Gasteiger charge is 2.40. The molecule has 1 aromatic heterocycles. The molecule has 11 heteroatoms. The number of H-pyrrole nitrogens is 1. The van der Waals surface area contributed by atoms with Gasteiger partial charge in [0.05, 0.1) is 6.10 Å². The van der Waals surface area contributed by atoms with Crippen molar-refractivity contribution in [1.82, 2.24) is 9.55 Å². The zero-order chi connectivity index (χ0) is 19.5. The van der Waals surface area contributed by atoms with E-state index in [2.05, 4.69) is 5.92 Å². The van der Waals surface area contributed by atoms with Crippen molar-refractivity contribution in [1.29, 1.82) is 0 Å². The molecule has 0 spiro atoms. The summed E-state index contributed by atoms with van der Waals surface area (Å²) in [6.45, 7) is 0.836. The van der Waals surface area contributed by atoms with Crippen molar-refractivity contribution in [2.45, 2.75) is 38.0 Å². The molecule has 0 radical (unpaired) electrons. The number of carbonyl (C=O) groups is 1. The Balaban J connectivity index is 2.31. The maximum Gasteiger partial charge on any atom is 0.423 e. The fourth-order valence-electron chi connectivity index (χ4n) is 2.45. The van der Waals surface area contributed by atoms with Crippen molar-refractivity contribution in [3.63, 3.8) is 0 Å². The largest absolute Gasteiger partial charge is 0.463 e. The number of carbonyl (C=O) groups excluding carboxylic acids is 1. The van der Waals surface area contributed by atoms with Crippen LogP contribution in [0.3, 0.4) is 0 Å². The zero-order valence-corrected chi connectivity index (χ0v) is 13.5. The fourth-order valence-corrected chi connectivity index (χ4v) is 2.45. The molecule has 1 N–H and O–H groups in total. The second-order valence-electron chi connectivity index (χ2n) is 5.43. The summed E-state index contributed by atoms with van der Waals surface area (Å²) in [7, 11) is 0. The average molecular weight is 376 g/mol. The summed E-state index contributed by atoms with van der Waals surface area (Å²) in [5.41, 5.74) is -4.16. The first-order valence-corrected chi connectivity index (χ1v) is 7.40. The number of hydrogen-bond donors (Lipinski definition) is 1.